The smallest absolute Gasteiger partial charge is 0.0997 e. The van der Waals surface area contributed by atoms with Crippen LogP contribution in [0.1, 0.15) is 27.8 Å². The lowest BCUT2D eigenvalue weighted by atomic mass is 9.93. The number of nitrogen functional groups attached to an aromatic ring is 1. The highest BCUT2D eigenvalue weighted by Crippen LogP contribution is 2.27. The van der Waals surface area contributed by atoms with Gasteiger partial charge in [-0.2, -0.15) is 5.26 Å². The fourth-order valence-corrected chi connectivity index (χ4v) is 1.51. The van der Waals surface area contributed by atoms with Gasteiger partial charge in [-0.15, -0.1) is 0 Å². The Hall–Kier alpha value is -1.49. The van der Waals surface area contributed by atoms with Crippen molar-refractivity contribution in [2.24, 2.45) is 0 Å². The van der Waals surface area contributed by atoms with Crippen molar-refractivity contribution in [2.45, 2.75) is 27.7 Å². The molecule has 1 rings (SSSR count). The molecule has 0 unspecified atom stereocenters. The lowest BCUT2D eigenvalue weighted by Crippen LogP contribution is -2.02. The zero-order valence-electron chi connectivity index (χ0n) is 8.52. The SMILES string of the molecule is Cc1c(C)c(C#N)c(C)c(C)c1N. The van der Waals surface area contributed by atoms with Gasteiger partial charge in [-0.1, -0.05) is 0 Å². The van der Waals surface area contributed by atoms with Gasteiger partial charge >= 0.3 is 0 Å². The fourth-order valence-electron chi connectivity index (χ4n) is 1.51. The first-order valence-electron chi connectivity index (χ1n) is 4.26. The van der Waals surface area contributed by atoms with E-state index >= 15 is 0 Å². The number of nitrogens with two attached hydrogens (primary N) is 1. The maximum absolute atomic E-state index is 8.95. The van der Waals surface area contributed by atoms with E-state index in [0.29, 0.717) is 0 Å². The van der Waals surface area contributed by atoms with Crippen molar-refractivity contribution in [3.63, 3.8) is 0 Å². The van der Waals surface area contributed by atoms with E-state index in [1.165, 1.54) is 0 Å². The van der Waals surface area contributed by atoms with Crippen LogP contribution in [-0.2, 0) is 0 Å². The predicted octanol–water partition coefficient (Wildman–Crippen LogP) is 2.37. The number of anilines is 1. The van der Waals surface area contributed by atoms with Crippen molar-refractivity contribution in [3.05, 3.63) is 27.8 Å². The molecule has 0 amide bonds. The lowest BCUT2D eigenvalue weighted by molar-refractivity contribution is 1.22. The number of hydrogen-bond acceptors (Lipinski definition) is 2. The molecule has 13 heavy (non-hydrogen) atoms. The van der Waals surface area contributed by atoms with E-state index < -0.39 is 0 Å². The molecule has 0 heterocycles. The topological polar surface area (TPSA) is 49.8 Å². The minimum Gasteiger partial charge on any atom is -0.398 e. The van der Waals surface area contributed by atoms with Crippen molar-refractivity contribution in [1.29, 1.82) is 5.26 Å². The van der Waals surface area contributed by atoms with Gasteiger partial charge in [0, 0.05) is 5.69 Å². The molecule has 1 aromatic rings. The van der Waals surface area contributed by atoms with Gasteiger partial charge in [0.15, 0.2) is 0 Å². The number of hydrogen-bond donors (Lipinski definition) is 1. The highest BCUT2D eigenvalue weighted by Gasteiger charge is 2.11. The predicted molar refractivity (Wildman–Crippen MR) is 54.5 cm³/mol. The first-order valence-corrected chi connectivity index (χ1v) is 4.26. The molecular weight excluding hydrogens is 160 g/mol. The van der Waals surface area contributed by atoms with Gasteiger partial charge < -0.3 is 5.73 Å². The van der Waals surface area contributed by atoms with Crippen molar-refractivity contribution in [3.8, 4) is 6.07 Å². The van der Waals surface area contributed by atoms with Crippen molar-refractivity contribution in [2.75, 3.05) is 5.73 Å². The Morgan fingerprint density at radius 3 is 1.62 bits per heavy atom. The normalized spacial score (nSPS) is 9.77. The maximum atomic E-state index is 8.95. The van der Waals surface area contributed by atoms with Crippen molar-refractivity contribution >= 4 is 5.69 Å². The molecule has 0 saturated carbocycles. The van der Waals surface area contributed by atoms with E-state index in [-0.39, 0.29) is 0 Å². The quantitative estimate of drug-likeness (QED) is 0.614. The third-order valence-electron chi connectivity index (χ3n) is 2.79. The second-order valence-electron chi connectivity index (χ2n) is 3.40. The van der Waals surface area contributed by atoms with Crippen molar-refractivity contribution < 1.29 is 0 Å². The average molecular weight is 174 g/mol. The van der Waals surface area contributed by atoms with Crippen LogP contribution in [0.5, 0.6) is 0 Å². The van der Waals surface area contributed by atoms with E-state index in [1.54, 1.807) is 0 Å². The number of benzene rings is 1. The van der Waals surface area contributed by atoms with E-state index in [2.05, 4.69) is 6.07 Å². The van der Waals surface area contributed by atoms with Crippen LogP contribution in [0.4, 0.5) is 5.69 Å². The van der Waals surface area contributed by atoms with Crippen LogP contribution in [-0.4, -0.2) is 0 Å². The Labute approximate surface area is 79.0 Å². The summed E-state index contributed by atoms with van der Waals surface area (Å²) < 4.78 is 0. The zero-order chi connectivity index (χ0) is 10.2. The van der Waals surface area contributed by atoms with Gasteiger partial charge in [0.05, 0.1) is 11.6 Å². The Balaban J connectivity index is 3.69. The minimum atomic E-state index is 0.768. The molecule has 0 bridgehead atoms. The summed E-state index contributed by atoms with van der Waals surface area (Å²) in [5.74, 6) is 0. The molecule has 0 fully saturated rings. The molecule has 0 atom stereocenters. The summed E-state index contributed by atoms with van der Waals surface area (Å²) in [7, 11) is 0. The second kappa shape index (κ2) is 3.10. The summed E-state index contributed by atoms with van der Waals surface area (Å²) in [6.45, 7) is 7.79. The number of rotatable bonds is 0. The monoisotopic (exact) mass is 174 g/mol. The minimum absolute atomic E-state index is 0.768. The number of nitrogens with zero attached hydrogens (tertiary/aromatic N) is 1. The third kappa shape index (κ3) is 1.27. The molecule has 68 valence electrons. The first kappa shape index (κ1) is 9.60. The van der Waals surface area contributed by atoms with Gasteiger partial charge in [0.25, 0.3) is 0 Å². The largest absolute Gasteiger partial charge is 0.398 e. The van der Waals surface area contributed by atoms with Crippen LogP contribution in [0.15, 0.2) is 0 Å². The molecule has 2 nitrogen and oxygen atoms in total. The Kier molecular flexibility index (Phi) is 2.29. The van der Waals surface area contributed by atoms with E-state index in [4.69, 9.17) is 11.0 Å². The van der Waals surface area contributed by atoms with Crippen LogP contribution in [0.2, 0.25) is 0 Å². The zero-order valence-corrected chi connectivity index (χ0v) is 8.52. The third-order valence-corrected chi connectivity index (χ3v) is 2.79. The summed E-state index contributed by atoms with van der Waals surface area (Å²) in [6, 6.07) is 2.22. The molecule has 0 aliphatic carbocycles. The summed E-state index contributed by atoms with van der Waals surface area (Å²) >= 11 is 0. The molecule has 0 aromatic heterocycles. The molecule has 0 spiro atoms. The molecule has 1 aromatic carbocycles. The molecular formula is C11H14N2. The van der Waals surface area contributed by atoms with E-state index in [1.807, 2.05) is 27.7 Å². The van der Waals surface area contributed by atoms with Gasteiger partial charge in [-0.3, -0.25) is 0 Å². The summed E-state index contributed by atoms with van der Waals surface area (Å²) in [4.78, 5) is 0. The van der Waals surface area contributed by atoms with Crippen LogP contribution in [0, 0.1) is 39.0 Å². The maximum Gasteiger partial charge on any atom is 0.0997 e. The molecule has 0 aliphatic rings. The Morgan fingerprint density at radius 1 is 0.923 bits per heavy atom. The van der Waals surface area contributed by atoms with E-state index in [0.717, 1.165) is 33.5 Å². The number of nitriles is 1. The fraction of sp³-hybridized carbons (Fsp3) is 0.364. The highest BCUT2D eigenvalue weighted by molar-refractivity contribution is 5.64. The van der Waals surface area contributed by atoms with Crippen molar-refractivity contribution in [1.82, 2.24) is 0 Å². The first-order chi connectivity index (χ1) is 6.00. The summed E-state index contributed by atoms with van der Waals surface area (Å²) in [5, 5.41) is 8.95. The van der Waals surface area contributed by atoms with Crippen LogP contribution >= 0.6 is 0 Å². The van der Waals surface area contributed by atoms with Crippen LogP contribution < -0.4 is 5.73 Å². The van der Waals surface area contributed by atoms with Gasteiger partial charge in [0.2, 0.25) is 0 Å². The molecule has 0 radical (unpaired) electrons. The van der Waals surface area contributed by atoms with Gasteiger partial charge in [0.1, 0.15) is 0 Å². The Morgan fingerprint density at radius 2 is 1.31 bits per heavy atom. The second-order valence-corrected chi connectivity index (χ2v) is 3.40. The molecule has 0 saturated heterocycles. The Bertz CT molecular complexity index is 369. The molecule has 0 aliphatic heterocycles. The van der Waals surface area contributed by atoms with E-state index in [9.17, 15) is 0 Å². The average Bonchev–Trinajstić information content (AvgIpc) is 2.13. The van der Waals surface area contributed by atoms with Crippen LogP contribution in [0.3, 0.4) is 0 Å². The summed E-state index contributed by atoms with van der Waals surface area (Å²) in [6.07, 6.45) is 0. The molecule has 2 N–H and O–H groups in total. The standard InChI is InChI=1S/C11H14N2/c1-6-8(3)11(13)9(4)7(2)10(6)5-12/h13H2,1-4H3. The summed E-state index contributed by atoms with van der Waals surface area (Å²) in [5.41, 5.74) is 11.5. The lowest BCUT2D eigenvalue weighted by Gasteiger charge is -2.13. The van der Waals surface area contributed by atoms with Gasteiger partial charge in [-0.05, 0) is 49.9 Å². The van der Waals surface area contributed by atoms with Crippen LogP contribution in [0.25, 0.3) is 0 Å². The van der Waals surface area contributed by atoms with Gasteiger partial charge in [-0.25, -0.2) is 0 Å². The highest BCUT2D eigenvalue weighted by atomic mass is 14.6. The molecule has 2 heteroatoms.